The monoisotopic (exact) mass is 660 g/mol. The van der Waals surface area contributed by atoms with Gasteiger partial charge in [-0.05, 0) is 66.0 Å². The molecule has 0 amide bonds. The van der Waals surface area contributed by atoms with Crippen LogP contribution in [0.5, 0.6) is 11.5 Å². The lowest BCUT2D eigenvalue weighted by atomic mass is 10.0. The molecular weight excluding hydrogens is 633 g/mol. The first-order chi connectivity index (χ1) is 20.1. The van der Waals surface area contributed by atoms with Crippen LogP contribution in [0.1, 0.15) is 35.6 Å². The largest absolute Gasteiger partial charge is 0.489 e. The molecule has 1 aromatic heterocycles. The molecule has 0 bridgehead atoms. The van der Waals surface area contributed by atoms with Crippen molar-refractivity contribution in [2.45, 2.75) is 43.4 Å². The highest BCUT2D eigenvalue weighted by Gasteiger charge is 2.27. The number of thioether (sulfide) groups is 1. The number of rotatable bonds is 15. The number of hydrogen-bond acceptors (Lipinski definition) is 7. The maximum atomic E-state index is 13.2. The second-order valence-electron chi connectivity index (χ2n) is 9.48. The summed E-state index contributed by atoms with van der Waals surface area (Å²) in [6.45, 7) is -3.24. The molecule has 4 rings (SSSR count). The van der Waals surface area contributed by atoms with Gasteiger partial charge in [0.05, 0.1) is 16.7 Å². The average molecular weight is 662 g/mol. The summed E-state index contributed by atoms with van der Waals surface area (Å²) in [6.07, 6.45) is 5.66. The van der Waals surface area contributed by atoms with Gasteiger partial charge >= 0.3 is 12.6 Å². The Bertz CT molecular complexity index is 1380. The van der Waals surface area contributed by atoms with E-state index in [1.54, 1.807) is 23.9 Å². The lowest BCUT2D eigenvalue weighted by Crippen LogP contribution is -2.33. The van der Waals surface area contributed by atoms with Gasteiger partial charge in [-0.3, -0.25) is 14.3 Å². The molecule has 0 spiro atoms. The molecule has 1 N–H and O–H groups in total. The maximum absolute atomic E-state index is 13.2. The molecule has 226 valence electrons. The Balaban J connectivity index is 1.59. The Hall–Kier alpha value is -2.48. The smallest absolute Gasteiger partial charge is 0.387 e. The SMILES string of the molecule is CSc1ccc(CN(CC(=O)OC(Cc2c(Cl)cncc2Cl)c2ccc(OC(F)F)c(OCC3CC3)c2)S(=O)O)cc1. The lowest BCUT2D eigenvalue weighted by molar-refractivity contribution is -0.149. The minimum atomic E-state index is -3.07. The van der Waals surface area contributed by atoms with Crippen LogP contribution in [-0.4, -0.2) is 50.0 Å². The quantitative estimate of drug-likeness (QED) is 0.106. The molecule has 2 aromatic carbocycles. The van der Waals surface area contributed by atoms with Crippen LogP contribution >= 0.6 is 35.0 Å². The van der Waals surface area contributed by atoms with Crippen molar-refractivity contribution in [1.82, 2.24) is 9.29 Å². The van der Waals surface area contributed by atoms with Crippen LogP contribution in [0.2, 0.25) is 10.0 Å². The molecule has 0 radical (unpaired) electrons. The molecule has 42 heavy (non-hydrogen) atoms. The molecule has 1 fully saturated rings. The number of benzene rings is 2. The van der Waals surface area contributed by atoms with Crippen molar-refractivity contribution in [3.05, 3.63) is 81.6 Å². The number of aromatic nitrogens is 1. The second-order valence-corrected chi connectivity index (χ2v) is 12.2. The van der Waals surface area contributed by atoms with Crippen molar-refractivity contribution in [2.24, 2.45) is 5.92 Å². The topological polar surface area (TPSA) is 98.2 Å². The van der Waals surface area contributed by atoms with Gasteiger partial charge in [0.1, 0.15) is 12.6 Å². The third-order valence-electron chi connectivity index (χ3n) is 6.39. The van der Waals surface area contributed by atoms with E-state index >= 15 is 0 Å². The molecule has 1 aliphatic carbocycles. The van der Waals surface area contributed by atoms with Crippen LogP contribution in [0.15, 0.2) is 59.8 Å². The van der Waals surface area contributed by atoms with E-state index in [4.69, 9.17) is 32.7 Å². The molecule has 8 nitrogen and oxygen atoms in total. The van der Waals surface area contributed by atoms with Gasteiger partial charge in [0.2, 0.25) is 11.3 Å². The van der Waals surface area contributed by atoms with E-state index in [9.17, 15) is 22.3 Å². The molecule has 1 saturated carbocycles. The number of carbonyl (C=O) groups excluding carboxylic acids is 1. The van der Waals surface area contributed by atoms with E-state index in [1.165, 1.54) is 30.6 Å². The Labute approximate surface area is 259 Å². The highest BCUT2D eigenvalue weighted by Crippen LogP contribution is 2.38. The number of alkyl halides is 2. The summed E-state index contributed by atoms with van der Waals surface area (Å²) < 4.78 is 65.4. The number of halogens is 4. The third-order valence-corrected chi connectivity index (χ3v) is 8.48. The van der Waals surface area contributed by atoms with Crippen molar-refractivity contribution < 1.29 is 36.5 Å². The van der Waals surface area contributed by atoms with Gasteiger partial charge in [-0.2, -0.15) is 13.1 Å². The van der Waals surface area contributed by atoms with Crippen molar-refractivity contribution in [3.8, 4) is 11.5 Å². The molecule has 2 unspecified atom stereocenters. The molecular formula is C28H28Cl2F2N2O6S2. The number of pyridine rings is 1. The fraction of sp³-hybridized carbons (Fsp3) is 0.357. The van der Waals surface area contributed by atoms with Crippen molar-refractivity contribution in [1.29, 1.82) is 0 Å². The first-order valence-corrected chi connectivity index (χ1v) is 15.8. The first kappa shape index (κ1) is 32.4. The van der Waals surface area contributed by atoms with Crippen LogP contribution in [0.3, 0.4) is 0 Å². The molecule has 0 saturated heterocycles. The van der Waals surface area contributed by atoms with Gasteiger partial charge in [-0.25, -0.2) is 4.21 Å². The van der Waals surface area contributed by atoms with Gasteiger partial charge < -0.3 is 14.2 Å². The fourth-order valence-corrected chi connectivity index (χ4v) is 5.41. The van der Waals surface area contributed by atoms with Gasteiger partial charge in [0.15, 0.2) is 11.5 Å². The van der Waals surface area contributed by atoms with Crippen LogP contribution in [-0.2, 0) is 33.8 Å². The summed E-state index contributed by atoms with van der Waals surface area (Å²) in [7, 11) is 0. The zero-order valence-electron chi connectivity index (χ0n) is 22.4. The summed E-state index contributed by atoms with van der Waals surface area (Å²) >= 11 is 11.8. The molecule has 0 aliphatic heterocycles. The Kier molecular flexibility index (Phi) is 11.8. The zero-order valence-corrected chi connectivity index (χ0v) is 25.5. The Morgan fingerprint density at radius 1 is 1.14 bits per heavy atom. The van der Waals surface area contributed by atoms with Crippen molar-refractivity contribution in [3.63, 3.8) is 0 Å². The molecule has 1 heterocycles. The molecule has 3 aromatic rings. The molecule has 14 heteroatoms. The summed E-state index contributed by atoms with van der Waals surface area (Å²) in [5, 5.41) is 0.469. The van der Waals surface area contributed by atoms with Gasteiger partial charge in [0.25, 0.3) is 0 Å². The molecule has 1 aliphatic rings. The normalized spacial score (nSPS) is 14.6. The van der Waals surface area contributed by atoms with Gasteiger partial charge in [-0.1, -0.05) is 41.4 Å². The fourth-order valence-electron chi connectivity index (χ4n) is 4.01. The van der Waals surface area contributed by atoms with Crippen LogP contribution < -0.4 is 9.47 Å². The number of nitrogens with zero attached hydrogens (tertiary/aromatic N) is 2. The minimum absolute atomic E-state index is 0.00139. The summed E-state index contributed by atoms with van der Waals surface area (Å²) in [5.41, 5.74) is 1.56. The summed E-state index contributed by atoms with van der Waals surface area (Å²) in [6, 6.07) is 11.6. The lowest BCUT2D eigenvalue weighted by Gasteiger charge is -2.23. The van der Waals surface area contributed by atoms with Crippen molar-refractivity contribution in [2.75, 3.05) is 19.4 Å². The third kappa shape index (κ3) is 9.51. The average Bonchev–Trinajstić information content (AvgIpc) is 3.78. The van der Waals surface area contributed by atoms with Gasteiger partial charge in [0, 0.05) is 30.3 Å². The highest BCUT2D eigenvalue weighted by atomic mass is 35.5. The Morgan fingerprint density at radius 2 is 1.83 bits per heavy atom. The number of hydrogen-bond donors (Lipinski definition) is 1. The van der Waals surface area contributed by atoms with E-state index in [2.05, 4.69) is 9.72 Å². The van der Waals surface area contributed by atoms with Crippen LogP contribution in [0.4, 0.5) is 8.78 Å². The zero-order chi connectivity index (χ0) is 30.2. The van der Waals surface area contributed by atoms with E-state index in [0.29, 0.717) is 23.7 Å². The number of esters is 1. The maximum Gasteiger partial charge on any atom is 0.387 e. The van der Waals surface area contributed by atoms with Crippen LogP contribution in [0, 0.1) is 5.92 Å². The van der Waals surface area contributed by atoms with E-state index in [-0.39, 0.29) is 34.5 Å². The van der Waals surface area contributed by atoms with Crippen LogP contribution in [0.25, 0.3) is 0 Å². The first-order valence-electron chi connectivity index (χ1n) is 12.8. The number of ether oxygens (including phenoxy) is 3. The highest BCUT2D eigenvalue weighted by molar-refractivity contribution is 7.98. The summed E-state index contributed by atoms with van der Waals surface area (Å²) in [5.74, 6) is -0.565. The molecule has 2 atom stereocenters. The predicted molar refractivity (Wildman–Crippen MR) is 157 cm³/mol. The minimum Gasteiger partial charge on any atom is -0.489 e. The van der Waals surface area contributed by atoms with E-state index < -0.39 is 36.5 Å². The van der Waals surface area contributed by atoms with Crippen molar-refractivity contribution >= 4 is 52.2 Å². The predicted octanol–water partition coefficient (Wildman–Crippen LogP) is 6.97. The standard InChI is InChI=1S/C28H28Cl2F2N2O6S2/c1-41-20-7-4-17(5-8-20)14-34(42(36)37)15-27(35)39-25(11-21-22(29)12-33-13-23(21)30)19-6-9-24(40-28(31)32)26(10-19)38-16-18-2-3-18/h4-10,12-13,18,25,28H,2-3,11,14-16H2,1H3,(H,36,37). The van der Waals surface area contributed by atoms with E-state index in [0.717, 1.165) is 27.6 Å². The summed E-state index contributed by atoms with van der Waals surface area (Å²) in [4.78, 5) is 18.1. The second kappa shape index (κ2) is 15.3. The van der Waals surface area contributed by atoms with E-state index in [1.807, 2.05) is 18.4 Å². The Morgan fingerprint density at radius 3 is 2.43 bits per heavy atom. The van der Waals surface area contributed by atoms with Gasteiger partial charge in [-0.15, -0.1) is 11.8 Å². The number of carbonyl (C=O) groups is 1.